The van der Waals surface area contributed by atoms with Gasteiger partial charge in [0.15, 0.2) is 0 Å². The summed E-state index contributed by atoms with van der Waals surface area (Å²) in [4.78, 5) is 27.5. The highest BCUT2D eigenvalue weighted by molar-refractivity contribution is 8.13. The molecule has 0 bridgehead atoms. The van der Waals surface area contributed by atoms with Gasteiger partial charge in [-0.15, -0.1) is 0 Å². The van der Waals surface area contributed by atoms with Crippen molar-refractivity contribution >= 4 is 64.5 Å². The number of aromatic amines is 2. The van der Waals surface area contributed by atoms with Crippen molar-refractivity contribution in [2.24, 2.45) is 0 Å². The lowest BCUT2D eigenvalue weighted by atomic mass is 10.2. The van der Waals surface area contributed by atoms with Crippen LogP contribution in [-0.4, -0.2) is 18.4 Å². The van der Waals surface area contributed by atoms with Crippen LogP contribution in [0.2, 0.25) is 10.0 Å². The van der Waals surface area contributed by atoms with E-state index in [2.05, 4.69) is 9.97 Å². The maximum atomic E-state index is 11.5. The fraction of sp³-hybridized carbons (Fsp3) is 0. The molecule has 2 heterocycles. The van der Waals surface area contributed by atoms with Gasteiger partial charge in [-0.1, -0.05) is 47.5 Å². The van der Waals surface area contributed by atoms with Crippen LogP contribution in [0.4, 0.5) is 0 Å². The molecule has 0 amide bonds. The minimum atomic E-state index is -3.85. The number of benzene rings is 2. The summed E-state index contributed by atoms with van der Waals surface area (Å²) in [5, 5.41) is 3.01. The molecule has 0 aliphatic carbocycles. The van der Waals surface area contributed by atoms with Crippen molar-refractivity contribution in [1.82, 2.24) is 9.97 Å². The Labute approximate surface area is 173 Å². The van der Waals surface area contributed by atoms with Crippen LogP contribution in [0.15, 0.2) is 69.3 Å². The van der Waals surface area contributed by atoms with Crippen molar-refractivity contribution in [3.8, 4) is 0 Å². The zero-order valence-electron chi connectivity index (χ0n) is 13.9. The number of halogens is 3. The third kappa shape index (κ3) is 4.23. The van der Waals surface area contributed by atoms with Gasteiger partial charge in [-0.25, -0.2) is 8.42 Å². The van der Waals surface area contributed by atoms with Crippen LogP contribution in [0, 0.1) is 0 Å². The lowest BCUT2D eigenvalue weighted by molar-refractivity contribution is 0.609. The molecule has 2 aromatic heterocycles. The van der Waals surface area contributed by atoms with Gasteiger partial charge in [-0.3, -0.25) is 9.59 Å². The summed E-state index contributed by atoms with van der Waals surface area (Å²) < 4.78 is 22.2. The van der Waals surface area contributed by atoms with Gasteiger partial charge in [0.2, 0.25) is 0 Å². The monoisotopic (exact) mass is 456 g/mol. The smallest absolute Gasteiger partial charge is 0.261 e. The van der Waals surface area contributed by atoms with E-state index in [1.54, 1.807) is 6.07 Å². The van der Waals surface area contributed by atoms with Gasteiger partial charge in [0.1, 0.15) is 0 Å². The molecule has 0 aliphatic rings. The van der Waals surface area contributed by atoms with Crippen molar-refractivity contribution in [3.63, 3.8) is 0 Å². The molecule has 6 nitrogen and oxygen atoms in total. The Hall–Kier alpha value is -2.32. The van der Waals surface area contributed by atoms with E-state index in [-0.39, 0.29) is 15.8 Å². The van der Waals surface area contributed by atoms with E-state index in [0.29, 0.717) is 20.8 Å². The SMILES string of the molecule is O=c1[nH]cc(Cl)c2ccc(S(=O)(=O)Cl)cc12.O=c1[nH]cc(Cl)c2ccccc12. The fourth-order valence-electron chi connectivity index (χ4n) is 2.53. The summed E-state index contributed by atoms with van der Waals surface area (Å²) in [7, 11) is 1.33. The maximum Gasteiger partial charge on any atom is 0.261 e. The van der Waals surface area contributed by atoms with E-state index in [9.17, 15) is 18.0 Å². The molecular formula is C18H11Cl3N2O4S. The van der Waals surface area contributed by atoms with Crippen LogP contribution < -0.4 is 11.1 Å². The average molecular weight is 458 g/mol. The number of aromatic nitrogens is 2. The number of pyridine rings is 2. The van der Waals surface area contributed by atoms with Crippen LogP contribution in [0.3, 0.4) is 0 Å². The van der Waals surface area contributed by atoms with Crippen LogP contribution in [0.25, 0.3) is 21.5 Å². The van der Waals surface area contributed by atoms with Gasteiger partial charge < -0.3 is 9.97 Å². The predicted octanol–water partition coefficient (Wildman–Crippen LogP) is 4.29. The molecule has 10 heteroatoms. The van der Waals surface area contributed by atoms with Crippen molar-refractivity contribution in [2.75, 3.05) is 0 Å². The summed E-state index contributed by atoms with van der Waals surface area (Å²) >= 11 is 11.7. The third-order valence-electron chi connectivity index (χ3n) is 3.86. The quantitative estimate of drug-likeness (QED) is 0.416. The predicted molar refractivity (Wildman–Crippen MR) is 112 cm³/mol. The van der Waals surface area contributed by atoms with Gasteiger partial charge in [0.05, 0.1) is 14.9 Å². The average Bonchev–Trinajstić information content (AvgIpc) is 2.68. The highest BCUT2D eigenvalue weighted by Crippen LogP contribution is 2.24. The lowest BCUT2D eigenvalue weighted by Crippen LogP contribution is -2.06. The van der Waals surface area contributed by atoms with Gasteiger partial charge in [0.25, 0.3) is 20.2 Å². The molecule has 144 valence electrons. The number of hydrogen-bond acceptors (Lipinski definition) is 4. The number of rotatable bonds is 1. The zero-order valence-corrected chi connectivity index (χ0v) is 17.0. The number of nitrogens with one attached hydrogen (secondary N) is 2. The first-order valence-corrected chi connectivity index (χ1v) is 10.8. The molecule has 0 fully saturated rings. The minimum absolute atomic E-state index is 0.102. The molecule has 4 aromatic rings. The Morgan fingerprint density at radius 3 is 1.75 bits per heavy atom. The Kier molecular flexibility index (Phi) is 5.81. The third-order valence-corrected chi connectivity index (χ3v) is 5.84. The van der Waals surface area contributed by atoms with E-state index in [4.69, 9.17) is 33.9 Å². The van der Waals surface area contributed by atoms with Gasteiger partial charge in [-0.2, -0.15) is 0 Å². The second-order valence-corrected chi connectivity index (χ2v) is 9.00. The second-order valence-electron chi connectivity index (χ2n) is 5.62. The van der Waals surface area contributed by atoms with Crippen molar-refractivity contribution in [3.05, 3.63) is 85.6 Å². The van der Waals surface area contributed by atoms with Gasteiger partial charge >= 0.3 is 0 Å². The van der Waals surface area contributed by atoms with E-state index >= 15 is 0 Å². The summed E-state index contributed by atoms with van der Waals surface area (Å²) in [6.07, 6.45) is 2.85. The van der Waals surface area contributed by atoms with Gasteiger partial charge in [-0.05, 0) is 18.2 Å². The van der Waals surface area contributed by atoms with Crippen molar-refractivity contribution in [2.45, 2.75) is 4.90 Å². The minimum Gasteiger partial charge on any atom is -0.327 e. The molecular weight excluding hydrogens is 447 g/mol. The maximum absolute atomic E-state index is 11.5. The van der Waals surface area contributed by atoms with Crippen LogP contribution >= 0.6 is 33.9 Å². The van der Waals surface area contributed by atoms with E-state index in [1.807, 2.05) is 18.2 Å². The van der Waals surface area contributed by atoms with Crippen LogP contribution in [0.5, 0.6) is 0 Å². The molecule has 2 N–H and O–H groups in total. The first-order valence-electron chi connectivity index (χ1n) is 7.70. The highest BCUT2D eigenvalue weighted by atomic mass is 35.7. The summed E-state index contributed by atoms with van der Waals surface area (Å²) in [6.45, 7) is 0. The summed E-state index contributed by atoms with van der Waals surface area (Å²) in [6, 6.07) is 11.2. The fourth-order valence-corrected chi connectivity index (χ4v) is 3.75. The summed E-state index contributed by atoms with van der Waals surface area (Å²) in [5.41, 5.74) is -0.517. The molecule has 0 atom stereocenters. The molecule has 4 rings (SSSR count). The van der Waals surface area contributed by atoms with E-state index in [0.717, 1.165) is 5.39 Å². The molecule has 28 heavy (non-hydrogen) atoms. The molecule has 0 radical (unpaired) electrons. The molecule has 2 aromatic carbocycles. The Bertz CT molecular complexity index is 1410. The van der Waals surface area contributed by atoms with E-state index in [1.165, 1.54) is 30.6 Å². The normalized spacial score (nSPS) is 11.2. The molecule has 0 saturated heterocycles. The second kappa shape index (κ2) is 7.97. The molecule has 0 saturated carbocycles. The van der Waals surface area contributed by atoms with Gasteiger partial charge in [0, 0.05) is 44.6 Å². The highest BCUT2D eigenvalue weighted by Gasteiger charge is 2.12. The Morgan fingerprint density at radius 1 is 0.714 bits per heavy atom. The number of fused-ring (bicyclic) bond motifs is 2. The topological polar surface area (TPSA) is 99.9 Å². The lowest BCUT2D eigenvalue weighted by Gasteiger charge is -2.01. The van der Waals surface area contributed by atoms with Crippen molar-refractivity contribution in [1.29, 1.82) is 0 Å². The number of H-pyrrole nitrogens is 2. The van der Waals surface area contributed by atoms with Crippen LogP contribution in [0.1, 0.15) is 0 Å². The first-order chi connectivity index (χ1) is 13.2. The van der Waals surface area contributed by atoms with Crippen LogP contribution in [-0.2, 0) is 9.05 Å². The first kappa shape index (κ1) is 20.4. The summed E-state index contributed by atoms with van der Waals surface area (Å²) in [5.74, 6) is 0. The largest absolute Gasteiger partial charge is 0.327 e. The molecule has 0 spiro atoms. The molecule has 0 aliphatic heterocycles. The zero-order chi connectivity index (χ0) is 20.5. The Morgan fingerprint density at radius 2 is 1.21 bits per heavy atom. The Balaban J connectivity index is 0.000000167. The van der Waals surface area contributed by atoms with E-state index < -0.39 is 14.6 Å². The number of hydrogen-bond donors (Lipinski definition) is 2. The van der Waals surface area contributed by atoms with Crippen molar-refractivity contribution < 1.29 is 8.42 Å². The molecule has 0 unspecified atom stereocenters. The standard InChI is InChI=1S/C9H5Cl2NO3S.C9H6ClNO/c10-8-4-12-9(13)7-3-5(16(11,14)15)1-2-6(7)8;10-8-5-11-9(12)7-4-2-1-3-6(7)8/h1-4H,(H,12,13);1-5H,(H,11,12).